The molecule has 14 heavy (non-hydrogen) atoms. The van der Waals surface area contributed by atoms with E-state index in [-0.39, 0.29) is 6.61 Å². The Labute approximate surface area is 81.8 Å². The lowest BCUT2D eigenvalue weighted by Gasteiger charge is -2.05. The molecule has 2 aromatic heterocycles. The first-order valence-electron chi connectivity index (χ1n) is 4.57. The molecule has 4 heteroatoms. The number of aliphatic hydroxyl groups excluding tert-OH is 1. The highest BCUT2D eigenvalue weighted by atomic mass is 16.5. The minimum absolute atomic E-state index is 0.150. The van der Waals surface area contributed by atoms with E-state index in [0.29, 0.717) is 13.0 Å². The highest BCUT2D eigenvalue weighted by Crippen LogP contribution is 2.16. The second-order valence-electron chi connectivity index (χ2n) is 2.96. The van der Waals surface area contributed by atoms with Crippen molar-refractivity contribution in [1.29, 1.82) is 0 Å². The van der Waals surface area contributed by atoms with Gasteiger partial charge in [0.25, 0.3) is 0 Å². The summed E-state index contributed by atoms with van der Waals surface area (Å²) < 4.78 is 7.37. The highest BCUT2D eigenvalue weighted by Gasteiger charge is 2.01. The normalized spacial score (nSPS) is 10.6. The zero-order valence-electron chi connectivity index (χ0n) is 7.76. The van der Waals surface area contributed by atoms with Gasteiger partial charge < -0.3 is 14.2 Å². The van der Waals surface area contributed by atoms with Gasteiger partial charge in [0.05, 0.1) is 6.61 Å². The molecule has 0 fully saturated rings. The van der Waals surface area contributed by atoms with Crippen molar-refractivity contribution in [3.8, 4) is 5.75 Å². The van der Waals surface area contributed by atoms with E-state index in [9.17, 15) is 0 Å². The number of pyridine rings is 1. The molecule has 0 saturated heterocycles. The van der Waals surface area contributed by atoms with Crippen LogP contribution in [0.25, 0.3) is 5.65 Å². The zero-order chi connectivity index (χ0) is 9.80. The van der Waals surface area contributed by atoms with Gasteiger partial charge in [0, 0.05) is 31.6 Å². The predicted octanol–water partition coefficient (Wildman–Crippen LogP) is 1.10. The quantitative estimate of drug-likeness (QED) is 0.738. The SMILES string of the molecule is OCCCOc1cccn2ccnc12. The molecule has 0 aliphatic heterocycles. The number of hydrogen-bond acceptors (Lipinski definition) is 3. The van der Waals surface area contributed by atoms with Gasteiger partial charge in [-0.25, -0.2) is 4.98 Å². The van der Waals surface area contributed by atoms with Crippen molar-refractivity contribution >= 4 is 5.65 Å². The molecular formula is C10H12N2O2. The van der Waals surface area contributed by atoms with Crippen molar-refractivity contribution in [3.05, 3.63) is 30.7 Å². The second kappa shape index (κ2) is 4.11. The summed E-state index contributed by atoms with van der Waals surface area (Å²) in [4.78, 5) is 4.17. The van der Waals surface area contributed by atoms with Gasteiger partial charge in [-0.3, -0.25) is 0 Å². The number of aromatic nitrogens is 2. The smallest absolute Gasteiger partial charge is 0.179 e. The molecule has 0 atom stereocenters. The summed E-state index contributed by atoms with van der Waals surface area (Å²) in [7, 11) is 0. The van der Waals surface area contributed by atoms with Crippen LogP contribution in [0.4, 0.5) is 0 Å². The topological polar surface area (TPSA) is 46.8 Å². The molecular weight excluding hydrogens is 180 g/mol. The first-order valence-corrected chi connectivity index (χ1v) is 4.57. The predicted molar refractivity (Wildman–Crippen MR) is 52.4 cm³/mol. The standard InChI is InChI=1S/C10H12N2O2/c13-7-2-8-14-9-3-1-5-12-6-4-11-10(9)12/h1,3-6,13H,2,7-8H2. The molecule has 1 N–H and O–H groups in total. The summed E-state index contributed by atoms with van der Waals surface area (Å²) in [6, 6.07) is 3.78. The van der Waals surface area contributed by atoms with Crippen molar-refractivity contribution in [2.45, 2.75) is 6.42 Å². The van der Waals surface area contributed by atoms with E-state index in [4.69, 9.17) is 9.84 Å². The molecule has 0 aromatic carbocycles. The van der Waals surface area contributed by atoms with Crippen LogP contribution in [0.5, 0.6) is 5.75 Å². The molecule has 4 nitrogen and oxygen atoms in total. The molecule has 2 heterocycles. The number of nitrogens with zero attached hydrogens (tertiary/aromatic N) is 2. The van der Waals surface area contributed by atoms with Crippen LogP contribution in [-0.2, 0) is 0 Å². The Morgan fingerprint density at radius 3 is 3.21 bits per heavy atom. The van der Waals surface area contributed by atoms with E-state index < -0.39 is 0 Å². The van der Waals surface area contributed by atoms with Crippen molar-refractivity contribution in [2.75, 3.05) is 13.2 Å². The fourth-order valence-electron chi connectivity index (χ4n) is 1.28. The third-order valence-electron chi connectivity index (χ3n) is 1.94. The maximum Gasteiger partial charge on any atom is 0.179 e. The van der Waals surface area contributed by atoms with Gasteiger partial charge in [-0.2, -0.15) is 0 Å². The van der Waals surface area contributed by atoms with Crippen LogP contribution < -0.4 is 4.74 Å². The number of hydrogen-bond donors (Lipinski definition) is 1. The van der Waals surface area contributed by atoms with Gasteiger partial charge in [-0.15, -0.1) is 0 Å². The molecule has 74 valence electrons. The molecule has 0 aliphatic carbocycles. The van der Waals surface area contributed by atoms with E-state index in [1.165, 1.54) is 0 Å². The van der Waals surface area contributed by atoms with Gasteiger partial charge in [-0.1, -0.05) is 0 Å². The van der Waals surface area contributed by atoms with Crippen LogP contribution >= 0.6 is 0 Å². The fraction of sp³-hybridized carbons (Fsp3) is 0.300. The van der Waals surface area contributed by atoms with Gasteiger partial charge >= 0.3 is 0 Å². The molecule has 0 saturated carbocycles. The molecule has 0 radical (unpaired) electrons. The Balaban J connectivity index is 2.19. The number of rotatable bonds is 4. The Bertz CT molecular complexity index is 411. The van der Waals surface area contributed by atoms with Crippen molar-refractivity contribution in [3.63, 3.8) is 0 Å². The molecule has 0 amide bonds. The van der Waals surface area contributed by atoms with Crippen LogP contribution in [0.2, 0.25) is 0 Å². The summed E-state index contributed by atoms with van der Waals surface area (Å²) in [6.45, 7) is 0.667. The lowest BCUT2D eigenvalue weighted by molar-refractivity contribution is 0.234. The number of imidazole rings is 1. The summed E-state index contributed by atoms with van der Waals surface area (Å²) in [5.41, 5.74) is 0.811. The summed E-state index contributed by atoms with van der Waals surface area (Å²) in [5, 5.41) is 8.62. The second-order valence-corrected chi connectivity index (χ2v) is 2.96. The molecule has 2 aromatic rings. The Morgan fingerprint density at radius 1 is 1.43 bits per heavy atom. The van der Waals surface area contributed by atoms with Gasteiger partial charge in [-0.05, 0) is 12.1 Å². The Kier molecular flexibility index (Phi) is 2.65. The Hall–Kier alpha value is -1.55. The van der Waals surface area contributed by atoms with Crippen molar-refractivity contribution < 1.29 is 9.84 Å². The largest absolute Gasteiger partial charge is 0.490 e. The number of fused-ring (bicyclic) bond motifs is 1. The third kappa shape index (κ3) is 1.70. The van der Waals surface area contributed by atoms with E-state index in [2.05, 4.69) is 4.98 Å². The van der Waals surface area contributed by atoms with E-state index in [0.717, 1.165) is 11.4 Å². The lowest BCUT2D eigenvalue weighted by Crippen LogP contribution is -2.01. The van der Waals surface area contributed by atoms with Crippen molar-refractivity contribution in [1.82, 2.24) is 9.38 Å². The maximum atomic E-state index is 8.62. The monoisotopic (exact) mass is 192 g/mol. The number of ether oxygens (including phenoxy) is 1. The van der Waals surface area contributed by atoms with Crippen LogP contribution in [-0.4, -0.2) is 27.7 Å². The van der Waals surface area contributed by atoms with Crippen LogP contribution in [0.3, 0.4) is 0 Å². The maximum absolute atomic E-state index is 8.62. The summed E-state index contributed by atoms with van der Waals surface area (Å²) >= 11 is 0. The third-order valence-corrected chi connectivity index (χ3v) is 1.94. The Morgan fingerprint density at radius 2 is 2.36 bits per heavy atom. The molecule has 0 aliphatic rings. The van der Waals surface area contributed by atoms with Crippen molar-refractivity contribution in [2.24, 2.45) is 0 Å². The van der Waals surface area contributed by atoms with Crippen LogP contribution in [0.15, 0.2) is 30.7 Å². The van der Waals surface area contributed by atoms with Gasteiger partial charge in [0.1, 0.15) is 0 Å². The first-order chi connectivity index (χ1) is 6.92. The van der Waals surface area contributed by atoms with E-state index in [1.54, 1.807) is 6.20 Å². The summed E-state index contributed by atoms with van der Waals surface area (Å²) in [5.74, 6) is 0.756. The molecule has 0 unspecified atom stereocenters. The van der Waals surface area contributed by atoms with Crippen LogP contribution in [0.1, 0.15) is 6.42 Å². The molecule has 0 bridgehead atoms. The fourth-order valence-corrected chi connectivity index (χ4v) is 1.28. The molecule has 0 spiro atoms. The highest BCUT2D eigenvalue weighted by molar-refractivity contribution is 5.53. The lowest BCUT2D eigenvalue weighted by atomic mass is 10.4. The average Bonchev–Trinajstić information content (AvgIpc) is 2.67. The summed E-state index contributed by atoms with van der Waals surface area (Å²) in [6.07, 6.45) is 6.16. The average molecular weight is 192 g/mol. The number of aliphatic hydroxyl groups is 1. The molecule has 2 rings (SSSR count). The first kappa shape index (κ1) is 9.02. The van der Waals surface area contributed by atoms with Gasteiger partial charge in [0.2, 0.25) is 0 Å². The van der Waals surface area contributed by atoms with E-state index >= 15 is 0 Å². The van der Waals surface area contributed by atoms with Gasteiger partial charge in [0.15, 0.2) is 11.4 Å². The minimum Gasteiger partial charge on any atom is -0.490 e. The van der Waals surface area contributed by atoms with Crippen LogP contribution in [0, 0.1) is 0 Å². The minimum atomic E-state index is 0.150. The van der Waals surface area contributed by atoms with E-state index in [1.807, 2.05) is 28.9 Å². The zero-order valence-corrected chi connectivity index (χ0v) is 7.76.